The lowest BCUT2D eigenvalue weighted by Gasteiger charge is -2.25. The van der Waals surface area contributed by atoms with Gasteiger partial charge in [-0.1, -0.05) is 20.8 Å². The minimum Gasteiger partial charge on any atom is -0.539 e. The Morgan fingerprint density at radius 3 is 2.44 bits per heavy atom. The average Bonchev–Trinajstić information content (AvgIpc) is 2.26. The molecule has 0 spiro atoms. The quantitative estimate of drug-likeness (QED) is 0.642. The van der Waals surface area contributed by atoms with Crippen LogP contribution in [0, 0.1) is 6.92 Å². The predicted molar refractivity (Wildman–Crippen MR) is 72.4 cm³/mol. The molecule has 1 aromatic rings. The van der Waals surface area contributed by atoms with Gasteiger partial charge in [-0.25, -0.2) is 0 Å². The van der Waals surface area contributed by atoms with Crippen LogP contribution < -0.4 is 9.39 Å². The van der Waals surface area contributed by atoms with Crippen molar-refractivity contribution >= 4 is 7.69 Å². The van der Waals surface area contributed by atoms with Gasteiger partial charge in [-0.3, -0.25) is 0 Å². The Labute approximate surface area is 109 Å². The minimum atomic E-state index is -0.332. The Hall–Kier alpha value is -1.20. The molecule has 0 aliphatic rings. The Morgan fingerprint density at radius 1 is 1.28 bits per heavy atom. The van der Waals surface area contributed by atoms with Crippen LogP contribution in [-0.4, -0.2) is 26.6 Å². The van der Waals surface area contributed by atoms with Crippen LogP contribution in [-0.2, 0) is 10.2 Å². The molecule has 0 aliphatic heterocycles. The van der Waals surface area contributed by atoms with Gasteiger partial charge in [0.2, 0.25) is 0 Å². The van der Waals surface area contributed by atoms with Gasteiger partial charge in [0.15, 0.2) is 6.79 Å². The Kier molecular flexibility index (Phi) is 5.05. The van der Waals surface area contributed by atoms with Gasteiger partial charge in [0.25, 0.3) is 0 Å². The third-order valence-corrected chi connectivity index (χ3v) is 2.61. The van der Waals surface area contributed by atoms with Crippen LogP contribution in [0.2, 0.25) is 0 Å². The van der Waals surface area contributed by atoms with Crippen molar-refractivity contribution in [2.75, 3.05) is 13.9 Å². The second-order valence-electron chi connectivity index (χ2n) is 5.19. The molecule has 0 heterocycles. The maximum Gasteiger partial charge on any atom is 0.504 e. The second kappa shape index (κ2) is 6.11. The molecule has 18 heavy (non-hydrogen) atoms. The molecule has 1 aromatic carbocycles. The molecule has 5 heteroatoms. The molecule has 1 N–H and O–H groups in total. The van der Waals surface area contributed by atoms with Crippen LogP contribution >= 0.6 is 0 Å². The van der Waals surface area contributed by atoms with E-state index in [1.165, 1.54) is 0 Å². The molecule has 0 radical (unpaired) electrons. The highest BCUT2D eigenvalue weighted by molar-refractivity contribution is 6.17. The van der Waals surface area contributed by atoms with Gasteiger partial charge < -0.3 is 19.2 Å². The molecular weight excluding hydrogens is 231 g/mol. The summed E-state index contributed by atoms with van der Waals surface area (Å²) in [5.41, 5.74) is 1.91. The number of ether oxygens (including phenoxy) is 2. The van der Waals surface area contributed by atoms with Crippen LogP contribution in [0.25, 0.3) is 0 Å². The highest BCUT2D eigenvalue weighted by Gasteiger charge is 2.22. The fraction of sp³-hybridized carbons (Fsp3) is 0.538. The van der Waals surface area contributed by atoms with Crippen molar-refractivity contribution in [1.82, 2.24) is 0 Å². The maximum atomic E-state index is 8.84. The van der Waals surface area contributed by atoms with Gasteiger partial charge in [0, 0.05) is 12.7 Å². The Bertz CT molecular complexity index is 399. The van der Waals surface area contributed by atoms with Crippen molar-refractivity contribution < 1.29 is 19.2 Å². The summed E-state index contributed by atoms with van der Waals surface area (Å²) in [5.74, 6) is 1.46. The fourth-order valence-corrected chi connectivity index (χ4v) is 1.77. The largest absolute Gasteiger partial charge is 0.539 e. The highest BCUT2D eigenvalue weighted by Crippen LogP contribution is 2.37. The number of methoxy groups -OCH3 is 1. The van der Waals surface area contributed by atoms with Crippen molar-refractivity contribution in [3.63, 3.8) is 0 Å². The number of benzene rings is 1. The summed E-state index contributed by atoms with van der Waals surface area (Å²) < 4.78 is 15.7. The van der Waals surface area contributed by atoms with Crippen molar-refractivity contribution in [2.45, 2.75) is 33.1 Å². The van der Waals surface area contributed by atoms with E-state index in [0.29, 0.717) is 5.75 Å². The van der Waals surface area contributed by atoms with E-state index in [9.17, 15) is 0 Å². The van der Waals surface area contributed by atoms with Gasteiger partial charge in [-0.05, 0) is 30.0 Å². The third kappa shape index (κ3) is 3.65. The Balaban J connectivity index is 3.22. The van der Waals surface area contributed by atoms with Crippen LogP contribution in [0.15, 0.2) is 12.1 Å². The molecule has 4 nitrogen and oxygen atoms in total. The van der Waals surface area contributed by atoms with E-state index in [2.05, 4.69) is 20.8 Å². The molecule has 100 valence electrons. The molecular formula is C13H21BO4. The molecule has 0 amide bonds. The van der Waals surface area contributed by atoms with E-state index in [-0.39, 0.29) is 19.9 Å². The normalized spacial score (nSPS) is 11.2. The first-order valence-corrected chi connectivity index (χ1v) is 5.90. The fourth-order valence-electron chi connectivity index (χ4n) is 1.77. The minimum absolute atomic E-state index is 0.0807. The lowest BCUT2D eigenvalue weighted by molar-refractivity contribution is 0.0492. The first-order valence-electron chi connectivity index (χ1n) is 5.90. The molecule has 0 bridgehead atoms. The van der Waals surface area contributed by atoms with Gasteiger partial charge in [-0.15, -0.1) is 0 Å². The first-order chi connectivity index (χ1) is 8.40. The number of hydrogen-bond donors (Lipinski definition) is 1. The topological polar surface area (TPSA) is 47.9 Å². The summed E-state index contributed by atoms with van der Waals surface area (Å²) in [4.78, 5) is 0. The molecule has 0 saturated carbocycles. The second-order valence-corrected chi connectivity index (χ2v) is 5.19. The molecule has 0 fully saturated rings. The lowest BCUT2D eigenvalue weighted by atomic mass is 9.85. The summed E-state index contributed by atoms with van der Waals surface area (Å²) in [6.07, 6.45) is 0. The van der Waals surface area contributed by atoms with Gasteiger partial charge in [-0.2, -0.15) is 0 Å². The van der Waals surface area contributed by atoms with Gasteiger partial charge >= 0.3 is 7.69 Å². The van der Waals surface area contributed by atoms with E-state index in [4.69, 9.17) is 19.2 Å². The van der Waals surface area contributed by atoms with Crippen molar-refractivity contribution in [3.8, 4) is 11.5 Å². The molecule has 1 rings (SSSR count). The van der Waals surface area contributed by atoms with Gasteiger partial charge in [0.05, 0.1) is 0 Å². The maximum absolute atomic E-state index is 8.84. The Morgan fingerprint density at radius 2 is 1.94 bits per heavy atom. The predicted octanol–water partition coefficient (Wildman–Crippen LogP) is 1.91. The van der Waals surface area contributed by atoms with Crippen molar-refractivity contribution in [2.24, 2.45) is 0 Å². The third-order valence-electron chi connectivity index (χ3n) is 2.61. The monoisotopic (exact) mass is 252 g/mol. The van der Waals surface area contributed by atoms with E-state index < -0.39 is 0 Å². The molecule has 0 aromatic heterocycles. The van der Waals surface area contributed by atoms with E-state index in [0.717, 1.165) is 16.9 Å². The molecule has 0 unspecified atom stereocenters. The zero-order chi connectivity index (χ0) is 13.8. The van der Waals surface area contributed by atoms with E-state index in [1.807, 2.05) is 19.1 Å². The molecule has 0 saturated heterocycles. The number of hydrogen-bond acceptors (Lipinski definition) is 4. The summed E-state index contributed by atoms with van der Waals surface area (Å²) in [6, 6.07) is 3.74. The lowest BCUT2D eigenvalue weighted by Crippen LogP contribution is -2.16. The molecule has 0 atom stereocenters. The van der Waals surface area contributed by atoms with E-state index >= 15 is 0 Å². The van der Waals surface area contributed by atoms with Crippen molar-refractivity contribution in [1.29, 1.82) is 0 Å². The summed E-state index contributed by atoms with van der Waals surface area (Å²) in [6.45, 7) is 8.47. The smallest absolute Gasteiger partial charge is 0.504 e. The van der Waals surface area contributed by atoms with Gasteiger partial charge in [0.1, 0.15) is 11.5 Å². The average molecular weight is 252 g/mol. The van der Waals surface area contributed by atoms with Crippen LogP contribution in [0.5, 0.6) is 11.5 Å². The highest BCUT2D eigenvalue weighted by atomic mass is 16.7. The SMILES string of the molecule is COCOc1c(C)cc(OBO)cc1C(C)(C)C. The zero-order valence-corrected chi connectivity index (χ0v) is 11.7. The first kappa shape index (κ1) is 14.9. The van der Waals surface area contributed by atoms with Crippen LogP contribution in [0.3, 0.4) is 0 Å². The van der Waals surface area contributed by atoms with Crippen molar-refractivity contribution in [3.05, 3.63) is 23.3 Å². The number of rotatable bonds is 5. The number of aryl methyl sites for hydroxylation is 1. The standard InChI is InChI=1S/C13H21BO4/c1-9-6-10(18-14-15)7-11(13(2,3)4)12(9)17-8-16-5/h6-7,14-15H,8H2,1-5H3. The summed E-state index contributed by atoms with van der Waals surface area (Å²) >= 11 is 0. The van der Waals surface area contributed by atoms with Crippen LogP contribution in [0.4, 0.5) is 0 Å². The summed E-state index contributed by atoms with van der Waals surface area (Å²) in [5, 5.41) is 8.84. The van der Waals surface area contributed by atoms with Crippen LogP contribution in [0.1, 0.15) is 31.9 Å². The zero-order valence-electron chi connectivity index (χ0n) is 11.7. The molecule has 0 aliphatic carbocycles. The summed E-state index contributed by atoms with van der Waals surface area (Å²) in [7, 11) is 1.26. The van der Waals surface area contributed by atoms with E-state index in [1.54, 1.807) is 7.11 Å².